The summed E-state index contributed by atoms with van der Waals surface area (Å²) in [4.78, 5) is 70.2. The van der Waals surface area contributed by atoms with E-state index in [1.54, 1.807) is 15.9 Å². The number of hydrogen-bond acceptors (Lipinski definition) is 6. The van der Waals surface area contributed by atoms with Crippen LogP contribution < -0.4 is 10.6 Å². The number of amides is 4. The van der Waals surface area contributed by atoms with E-state index in [1.807, 2.05) is 50.2 Å². The van der Waals surface area contributed by atoms with Gasteiger partial charge in [-0.05, 0) is 55.7 Å². The van der Waals surface area contributed by atoms with E-state index in [2.05, 4.69) is 10.6 Å². The van der Waals surface area contributed by atoms with Gasteiger partial charge in [-0.1, -0.05) is 44.2 Å². The number of thiophene rings is 1. The minimum absolute atomic E-state index is 0.0715. The van der Waals surface area contributed by atoms with Crippen molar-refractivity contribution in [3.8, 4) is 10.4 Å². The summed E-state index contributed by atoms with van der Waals surface area (Å²) in [7, 11) is 0. The van der Waals surface area contributed by atoms with Gasteiger partial charge in [-0.15, -0.1) is 11.3 Å². The molecule has 1 aliphatic carbocycles. The first-order valence-corrected chi connectivity index (χ1v) is 14.8. The van der Waals surface area contributed by atoms with Crippen molar-refractivity contribution in [3.05, 3.63) is 47.3 Å². The molecule has 4 amide bonds. The number of fused-ring (bicyclic) bond motifs is 1. The van der Waals surface area contributed by atoms with Crippen molar-refractivity contribution in [1.82, 2.24) is 20.4 Å². The Labute approximate surface area is 238 Å². The van der Waals surface area contributed by atoms with E-state index in [9.17, 15) is 24.0 Å². The van der Waals surface area contributed by atoms with Crippen molar-refractivity contribution < 1.29 is 24.0 Å². The Kier molecular flexibility index (Phi) is 7.81. The molecule has 3 atom stereocenters. The zero-order valence-electron chi connectivity index (χ0n) is 23.1. The first kappa shape index (κ1) is 28.0. The molecule has 3 aliphatic rings. The monoisotopic (exact) mass is 564 g/mol. The lowest BCUT2D eigenvalue weighted by Gasteiger charge is -2.43. The highest BCUT2D eigenvalue weighted by Gasteiger charge is 2.56. The average Bonchev–Trinajstić information content (AvgIpc) is 3.62. The van der Waals surface area contributed by atoms with Gasteiger partial charge in [-0.3, -0.25) is 24.0 Å². The van der Waals surface area contributed by atoms with Gasteiger partial charge in [0.25, 0.3) is 5.91 Å². The van der Waals surface area contributed by atoms with Crippen LogP contribution in [0, 0.1) is 5.92 Å². The molecule has 3 heterocycles. The van der Waals surface area contributed by atoms with E-state index in [0.717, 1.165) is 16.9 Å². The number of likely N-dealkylation sites (tertiary alicyclic amines) is 2. The summed E-state index contributed by atoms with van der Waals surface area (Å²) in [6, 6.07) is 11.5. The van der Waals surface area contributed by atoms with Gasteiger partial charge in [-0.25, -0.2) is 0 Å². The van der Waals surface area contributed by atoms with E-state index in [-0.39, 0.29) is 41.9 Å². The molecule has 0 bridgehead atoms. The van der Waals surface area contributed by atoms with Crippen LogP contribution in [0.2, 0.25) is 0 Å². The summed E-state index contributed by atoms with van der Waals surface area (Å²) in [5.74, 6) is -1.17. The molecule has 10 heteroatoms. The predicted octanol–water partition coefficient (Wildman–Crippen LogP) is 3.00. The lowest BCUT2D eigenvalue weighted by atomic mass is 9.75. The van der Waals surface area contributed by atoms with Crippen LogP contribution in [-0.4, -0.2) is 76.0 Å². The highest BCUT2D eigenvalue weighted by atomic mass is 32.1. The van der Waals surface area contributed by atoms with Crippen molar-refractivity contribution >= 4 is 40.7 Å². The normalized spacial score (nSPS) is 22.1. The van der Waals surface area contributed by atoms with Crippen LogP contribution in [0.3, 0.4) is 0 Å². The summed E-state index contributed by atoms with van der Waals surface area (Å²) in [5, 5.41) is 5.76. The largest absolute Gasteiger partial charge is 0.342 e. The van der Waals surface area contributed by atoms with E-state index < -0.39 is 23.7 Å². The Hall–Kier alpha value is -3.53. The summed E-state index contributed by atoms with van der Waals surface area (Å²) >= 11 is 1.37. The lowest BCUT2D eigenvalue weighted by molar-refractivity contribution is -0.146. The van der Waals surface area contributed by atoms with Gasteiger partial charge in [-0.2, -0.15) is 0 Å². The van der Waals surface area contributed by atoms with Gasteiger partial charge in [0, 0.05) is 18.3 Å². The molecule has 0 radical (unpaired) electrons. The van der Waals surface area contributed by atoms with Gasteiger partial charge in [0.1, 0.15) is 17.6 Å². The smallest absolute Gasteiger partial charge is 0.262 e. The molecular formula is C30H36N4O5S. The molecule has 3 fully saturated rings. The van der Waals surface area contributed by atoms with Crippen LogP contribution in [0.25, 0.3) is 10.4 Å². The minimum atomic E-state index is -0.952. The number of Topliss-reactive ketones (excluding diaryl/α,β-unsaturated/α-hetero) is 1. The second-order valence-electron chi connectivity index (χ2n) is 11.5. The Morgan fingerprint density at radius 3 is 2.40 bits per heavy atom. The molecule has 5 rings (SSSR count). The molecule has 1 aromatic heterocycles. The highest BCUT2D eigenvalue weighted by Crippen LogP contribution is 2.38. The Morgan fingerprint density at radius 2 is 1.77 bits per heavy atom. The second kappa shape index (κ2) is 11.2. The number of ketones is 1. The van der Waals surface area contributed by atoms with Crippen LogP contribution in [-0.2, 0) is 19.2 Å². The second-order valence-corrected chi connectivity index (χ2v) is 12.6. The van der Waals surface area contributed by atoms with Crippen molar-refractivity contribution in [2.75, 3.05) is 13.1 Å². The molecular weight excluding hydrogens is 528 g/mol. The zero-order valence-corrected chi connectivity index (χ0v) is 24.0. The van der Waals surface area contributed by atoms with Crippen LogP contribution in [0.4, 0.5) is 0 Å². The summed E-state index contributed by atoms with van der Waals surface area (Å²) in [6.07, 6.45) is 2.84. The fourth-order valence-corrected chi connectivity index (χ4v) is 7.13. The Bertz CT molecular complexity index is 1320. The Balaban J connectivity index is 1.30. The maximum atomic E-state index is 13.9. The third-order valence-corrected chi connectivity index (χ3v) is 9.33. The number of hydrogen-bond donors (Lipinski definition) is 2. The average molecular weight is 565 g/mol. The number of nitrogens with one attached hydrogen (secondary N) is 2. The topological polar surface area (TPSA) is 116 Å². The Morgan fingerprint density at radius 1 is 1.05 bits per heavy atom. The number of carbonyl (C=O) groups is 5. The fraction of sp³-hybridized carbons (Fsp3) is 0.500. The molecule has 212 valence electrons. The standard InChI is InChI=1S/C30H36N4O5S/c1-18(2)16-21(31-27(37)25-11-10-24(40-25)20-8-5-4-6-9-20)28(38)33-15-12-22-26(33)23(36)17-34(22)29(39)30(13-7-14-30)32-19(3)35/h4-6,8-11,18,21-22,26H,7,12-17H2,1-3H3,(H,31,37)(H,32,35). The molecule has 40 heavy (non-hydrogen) atoms. The van der Waals surface area contributed by atoms with Crippen LogP contribution in [0.5, 0.6) is 0 Å². The van der Waals surface area contributed by atoms with Crippen molar-refractivity contribution in [2.45, 2.75) is 76.5 Å². The number of carbonyl (C=O) groups excluding carboxylic acids is 5. The van der Waals surface area contributed by atoms with E-state index in [1.165, 1.54) is 18.3 Å². The molecule has 2 aliphatic heterocycles. The number of rotatable bonds is 8. The molecule has 2 N–H and O–H groups in total. The van der Waals surface area contributed by atoms with E-state index in [0.29, 0.717) is 37.1 Å². The van der Waals surface area contributed by atoms with Gasteiger partial charge in [0.05, 0.1) is 17.5 Å². The maximum absolute atomic E-state index is 13.9. The van der Waals surface area contributed by atoms with Gasteiger partial charge >= 0.3 is 0 Å². The van der Waals surface area contributed by atoms with E-state index >= 15 is 0 Å². The molecule has 0 spiro atoms. The lowest BCUT2D eigenvalue weighted by Crippen LogP contribution is -2.64. The minimum Gasteiger partial charge on any atom is -0.342 e. The first-order chi connectivity index (χ1) is 19.1. The maximum Gasteiger partial charge on any atom is 0.262 e. The van der Waals surface area contributed by atoms with Gasteiger partial charge in [0.15, 0.2) is 5.78 Å². The third-order valence-electron chi connectivity index (χ3n) is 8.20. The van der Waals surface area contributed by atoms with Crippen molar-refractivity contribution in [3.63, 3.8) is 0 Å². The SMILES string of the molecule is CC(=O)NC1(C(=O)N2CC(=O)C3C2CCN3C(=O)C(CC(C)C)NC(=O)c2ccc(-c3ccccc3)s2)CCC1. The van der Waals surface area contributed by atoms with Crippen LogP contribution in [0.1, 0.15) is 62.5 Å². The number of benzene rings is 1. The van der Waals surface area contributed by atoms with Crippen LogP contribution in [0.15, 0.2) is 42.5 Å². The quantitative estimate of drug-likeness (QED) is 0.512. The molecule has 9 nitrogen and oxygen atoms in total. The molecule has 1 saturated carbocycles. The van der Waals surface area contributed by atoms with Crippen molar-refractivity contribution in [1.29, 1.82) is 0 Å². The zero-order chi connectivity index (χ0) is 28.6. The molecule has 2 aromatic rings. The van der Waals surface area contributed by atoms with E-state index in [4.69, 9.17) is 0 Å². The van der Waals surface area contributed by atoms with Crippen molar-refractivity contribution in [2.24, 2.45) is 5.92 Å². The molecule has 2 saturated heterocycles. The summed E-state index contributed by atoms with van der Waals surface area (Å²) in [6.45, 7) is 5.62. The molecule has 1 aromatic carbocycles. The summed E-state index contributed by atoms with van der Waals surface area (Å²) in [5.41, 5.74) is 0.0665. The highest BCUT2D eigenvalue weighted by molar-refractivity contribution is 7.17. The first-order valence-electron chi connectivity index (χ1n) is 14.0. The number of nitrogens with zero attached hydrogens (tertiary/aromatic N) is 2. The molecule has 3 unspecified atom stereocenters. The van der Waals surface area contributed by atoms with Crippen LogP contribution >= 0.6 is 11.3 Å². The van der Waals surface area contributed by atoms with Gasteiger partial charge in [0.2, 0.25) is 17.7 Å². The fourth-order valence-electron chi connectivity index (χ4n) is 6.21. The summed E-state index contributed by atoms with van der Waals surface area (Å²) < 4.78 is 0. The predicted molar refractivity (Wildman–Crippen MR) is 151 cm³/mol. The van der Waals surface area contributed by atoms with Gasteiger partial charge < -0.3 is 20.4 Å². The third kappa shape index (κ3) is 5.29.